The summed E-state index contributed by atoms with van der Waals surface area (Å²) in [5.74, 6) is 2.11. The highest BCUT2D eigenvalue weighted by molar-refractivity contribution is 5.96. The molecule has 0 spiro atoms. The molecule has 2 aliphatic rings. The minimum atomic E-state index is -0.0271. The number of amides is 1. The van der Waals surface area contributed by atoms with Crippen LogP contribution in [0.4, 0.5) is 0 Å². The lowest BCUT2D eigenvalue weighted by atomic mass is 9.79. The first kappa shape index (κ1) is 16.3. The SMILES string of the molecule is Cc1noc([C@@H]2CCO[C@@H]3CCN(C(=O)c4c(C)noc4C)C[C@@H]32)n1. The van der Waals surface area contributed by atoms with Crippen LogP contribution in [0.3, 0.4) is 0 Å². The number of ether oxygens (including phenoxy) is 1. The van der Waals surface area contributed by atoms with Crippen LogP contribution in [0.5, 0.6) is 0 Å². The van der Waals surface area contributed by atoms with E-state index in [0.29, 0.717) is 48.4 Å². The third-order valence-corrected chi connectivity index (χ3v) is 5.26. The van der Waals surface area contributed by atoms with E-state index in [1.807, 2.05) is 11.8 Å². The van der Waals surface area contributed by atoms with E-state index in [4.69, 9.17) is 13.8 Å². The number of hydrogen-bond donors (Lipinski definition) is 0. The van der Waals surface area contributed by atoms with E-state index in [2.05, 4.69) is 15.3 Å². The molecular formula is C17H22N4O4. The molecule has 2 fully saturated rings. The van der Waals surface area contributed by atoms with Gasteiger partial charge in [-0.05, 0) is 33.6 Å². The summed E-state index contributed by atoms with van der Waals surface area (Å²) < 4.78 is 16.5. The molecule has 2 aliphatic heterocycles. The molecule has 8 heteroatoms. The zero-order valence-corrected chi connectivity index (χ0v) is 14.7. The third kappa shape index (κ3) is 2.84. The molecular weight excluding hydrogens is 324 g/mol. The fourth-order valence-electron chi connectivity index (χ4n) is 4.02. The first-order chi connectivity index (χ1) is 12.0. The van der Waals surface area contributed by atoms with E-state index in [1.165, 1.54) is 0 Å². The number of aryl methyl sites for hydroxylation is 3. The molecule has 0 unspecified atom stereocenters. The maximum absolute atomic E-state index is 13.0. The second kappa shape index (κ2) is 6.25. The molecule has 0 aromatic carbocycles. The van der Waals surface area contributed by atoms with E-state index in [1.54, 1.807) is 13.8 Å². The molecule has 134 valence electrons. The molecule has 2 saturated heterocycles. The van der Waals surface area contributed by atoms with Crippen molar-refractivity contribution in [2.75, 3.05) is 19.7 Å². The van der Waals surface area contributed by atoms with Gasteiger partial charge in [-0.25, -0.2) is 0 Å². The van der Waals surface area contributed by atoms with Crippen molar-refractivity contribution in [1.29, 1.82) is 0 Å². The summed E-state index contributed by atoms with van der Waals surface area (Å²) >= 11 is 0. The Hall–Kier alpha value is -2.22. The molecule has 0 aliphatic carbocycles. The summed E-state index contributed by atoms with van der Waals surface area (Å²) in [6, 6.07) is 0. The van der Waals surface area contributed by atoms with Crippen molar-refractivity contribution in [2.24, 2.45) is 5.92 Å². The monoisotopic (exact) mass is 346 g/mol. The topological polar surface area (TPSA) is 94.5 Å². The Balaban J connectivity index is 1.57. The number of aromatic nitrogens is 3. The second-order valence-corrected chi connectivity index (χ2v) is 6.89. The van der Waals surface area contributed by atoms with E-state index in [9.17, 15) is 4.79 Å². The maximum Gasteiger partial charge on any atom is 0.259 e. The van der Waals surface area contributed by atoms with E-state index in [0.717, 1.165) is 12.8 Å². The van der Waals surface area contributed by atoms with Crippen LogP contribution >= 0.6 is 0 Å². The van der Waals surface area contributed by atoms with Gasteiger partial charge < -0.3 is 18.7 Å². The summed E-state index contributed by atoms with van der Waals surface area (Å²) in [5.41, 5.74) is 1.20. The first-order valence-electron chi connectivity index (χ1n) is 8.68. The van der Waals surface area contributed by atoms with Crippen LogP contribution in [0.2, 0.25) is 0 Å². The molecule has 0 N–H and O–H groups in total. The van der Waals surface area contributed by atoms with E-state index in [-0.39, 0.29) is 23.8 Å². The summed E-state index contributed by atoms with van der Waals surface area (Å²) in [6.45, 7) is 7.35. The molecule has 8 nitrogen and oxygen atoms in total. The molecule has 25 heavy (non-hydrogen) atoms. The Morgan fingerprint density at radius 2 is 2.00 bits per heavy atom. The van der Waals surface area contributed by atoms with Gasteiger partial charge in [0, 0.05) is 31.5 Å². The molecule has 3 atom stereocenters. The van der Waals surface area contributed by atoms with Crippen molar-refractivity contribution >= 4 is 5.91 Å². The average molecular weight is 346 g/mol. The van der Waals surface area contributed by atoms with Gasteiger partial charge in [0.1, 0.15) is 11.3 Å². The summed E-state index contributed by atoms with van der Waals surface area (Å²) in [6.07, 6.45) is 1.76. The van der Waals surface area contributed by atoms with Crippen LogP contribution in [0.15, 0.2) is 9.05 Å². The fourth-order valence-corrected chi connectivity index (χ4v) is 4.02. The van der Waals surface area contributed by atoms with Gasteiger partial charge in [0.15, 0.2) is 5.82 Å². The summed E-state index contributed by atoms with van der Waals surface area (Å²) in [4.78, 5) is 19.2. The lowest BCUT2D eigenvalue weighted by molar-refractivity contribution is -0.0756. The number of likely N-dealkylation sites (tertiary alicyclic amines) is 1. The quantitative estimate of drug-likeness (QED) is 0.821. The number of fused-ring (bicyclic) bond motifs is 1. The van der Waals surface area contributed by atoms with Crippen LogP contribution < -0.4 is 0 Å². The smallest absolute Gasteiger partial charge is 0.259 e. The van der Waals surface area contributed by atoms with Crippen molar-refractivity contribution in [1.82, 2.24) is 20.2 Å². The van der Waals surface area contributed by atoms with Crippen molar-refractivity contribution in [3.63, 3.8) is 0 Å². The number of hydrogen-bond acceptors (Lipinski definition) is 7. The van der Waals surface area contributed by atoms with E-state index < -0.39 is 0 Å². The fraction of sp³-hybridized carbons (Fsp3) is 0.647. The Morgan fingerprint density at radius 1 is 1.16 bits per heavy atom. The number of carbonyl (C=O) groups is 1. The highest BCUT2D eigenvalue weighted by Gasteiger charge is 2.43. The average Bonchev–Trinajstić information content (AvgIpc) is 3.19. The van der Waals surface area contributed by atoms with Crippen molar-refractivity contribution in [3.05, 3.63) is 28.7 Å². The predicted octanol–water partition coefficient (Wildman–Crippen LogP) is 2.02. The molecule has 4 rings (SSSR count). The highest BCUT2D eigenvalue weighted by atomic mass is 16.5. The van der Waals surface area contributed by atoms with E-state index >= 15 is 0 Å². The molecule has 1 amide bonds. The molecule has 2 aromatic heterocycles. The van der Waals surface area contributed by atoms with Gasteiger partial charge in [-0.1, -0.05) is 10.3 Å². The molecule has 0 bridgehead atoms. The second-order valence-electron chi connectivity index (χ2n) is 6.89. The van der Waals surface area contributed by atoms with Crippen LogP contribution in [0, 0.1) is 26.7 Å². The first-order valence-corrected chi connectivity index (χ1v) is 8.68. The van der Waals surface area contributed by atoms with Crippen LogP contribution in [0.1, 0.15) is 52.3 Å². The third-order valence-electron chi connectivity index (χ3n) is 5.26. The standard InChI is InChI=1S/C17H22N4O4/c1-9-15(10(2)24-19-9)17(22)21-6-4-14-13(8-21)12(5-7-23-14)16-18-11(3)20-25-16/h12-14H,4-8H2,1-3H3/t12-,13-,14-/m1/s1. The number of rotatable bonds is 2. The van der Waals surface area contributed by atoms with Crippen LogP contribution in [-0.2, 0) is 4.74 Å². The van der Waals surface area contributed by atoms with Crippen molar-refractivity contribution in [2.45, 2.75) is 45.6 Å². The number of nitrogens with zero attached hydrogens (tertiary/aromatic N) is 4. The Labute approximate surface area is 145 Å². The lowest BCUT2D eigenvalue weighted by Crippen LogP contribution is -2.51. The Kier molecular flexibility index (Phi) is 4.07. The minimum Gasteiger partial charge on any atom is -0.378 e. The van der Waals surface area contributed by atoms with Crippen molar-refractivity contribution in [3.8, 4) is 0 Å². The van der Waals surface area contributed by atoms with Crippen LogP contribution in [-0.4, -0.2) is 51.9 Å². The van der Waals surface area contributed by atoms with Gasteiger partial charge in [-0.3, -0.25) is 4.79 Å². The largest absolute Gasteiger partial charge is 0.378 e. The summed E-state index contributed by atoms with van der Waals surface area (Å²) in [5, 5.41) is 7.82. The van der Waals surface area contributed by atoms with Gasteiger partial charge >= 0.3 is 0 Å². The van der Waals surface area contributed by atoms with Gasteiger partial charge in [0.25, 0.3) is 5.91 Å². The van der Waals surface area contributed by atoms with Crippen LogP contribution in [0.25, 0.3) is 0 Å². The van der Waals surface area contributed by atoms with Gasteiger partial charge in [0.2, 0.25) is 5.89 Å². The van der Waals surface area contributed by atoms with Gasteiger partial charge in [-0.15, -0.1) is 0 Å². The zero-order chi connectivity index (χ0) is 17.6. The zero-order valence-electron chi connectivity index (χ0n) is 14.7. The normalized spacial score (nSPS) is 26.5. The Bertz CT molecular complexity index is 764. The molecule has 2 aromatic rings. The molecule has 0 radical (unpaired) electrons. The molecule has 4 heterocycles. The van der Waals surface area contributed by atoms with Gasteiger partial charge in [-0.2, -0.15) is 4.98 Å². The maximum atomic E-state index is 13.0. The molecule has 0 saturated carbocycles. The number of piperidine rings is 1. The Morgan fingerprint density at radius 3 is 2.68 bits per heavy atom. The van der Waals surface area contributed by atoms with Gasteiger partial charge in [0.05, 0.1) is 11.8 Å². The minimum absolute atomic E-state index is 0.0271. The number of carbonyl (C=O) groups excluding carboxylic acids is 1. The predicted molar refractivity (Wildman–Crippen MR) is 86.1 cm³/mol. The summed E-state index contributed by atoms with van der Waals surface area (Å²) in [7, 11) is 0. The highest BCUT2D eigenvalue weighted by Crippen LogP contribution is 2.39. The van der Waals surface area contributed by atoms with Crippen molar-refractivity contribution < 1.29 is 18.6 Å². The lowest BCUT2D eigenvalue weighted by Gasteiger charge is -2.43.